The van der Waals surface area contributed by atoms with Gasteiger partial charge in [0.05, 0.1) is 35.1 Å². The Morgan fingerprint density at radius 1 is 1.03 bits per heavy atom. The molecular weight excluding hydrogens is 438 g/mol. The third-order valence-corrected chi connectivity index (χ3v) is 6.76. The van der Waals surface area contributed by atoms with E-state index in [-0.39, 0.29) is 28.3 Å². The maximum atomic E-state index is 13.7. The lowest BCUT2D eigenvalue weighted by atomic mass is 9.97. The first kappa shape index (κ1) is 22.2. The first-order valence-electron chi connectivity index (χ1n) is 11.3. The molecular formula is C25H25N3O6. The number of fused-ring (bicyclic) bond motifs is 2. The molecule has 2 aliphatic heterocycles. The number of carbonyl (C=O) groups excluding carboxylic acids is 1. The summed E-state index contributed by atoms with van der Waals surface area (Å²) in [5, 5.41) is 11.6. The van der Waals surface area contributed by atoms with E-state index in [4.69, 9.17) is 9.15 Å². The zero-order valence-electron chi connectivity index (χ0n) is 19.1. The topological polar surface area (TPSA) is 106 Å². The van der Waals surface area contributed by atoms with Crippen LogP contribution in [-0.2, 0) is 4.74 Å². The summed E-state index contributed by atoms with van der Waals surface area (Å²) in [4.78, 5) is 41.7. The molecule has 0 saturated carbocycles. The number of amides is 1. The highest BCUT2D eigenvalue weighted by Gasteiger charge is 2.42. The lowest BCUT2D eigenvalue weighted by molar-refractivity contribution is -0.384. The van der Waals surface area contributed by atoms with Gasteiger partial charge in [-0.15, -0.1) is 0 Å². The molecule has 3 aromatic rings. The molecule has 1 saturated heterocycles. The van der Waals surface area contributed by atoms with Gasteiger partial charge in [0, 0.05) is 38.3 Å². The third-order valence-electron chi connectivity index (χ3n) is 6.76. The van der Waals surface area contributed by atoms with Crippen LogP contribution in [0.4, 0.5) is 5.69 Å². The van der Waals surface area contributed by atoms with Gasteiger partial charge < -0.3 is 14.1 Å². The van der Waals surface area contributed by atoms with Crippen LogP contribution < -0.4 is 5.43 Å². The van der Waals surface area contributed by atoms with Crippen molar-refractivity contribution in [2.45, 2.75) is 19.9 Å². The second kappa shape index (κ2) is 8.66. The van der Waals surface area contributed by atoms with Gasteiger partial charge in [0.1, 0.15) is 5.58 Å². The Hall–Kier alpha value is -3.56. The van der Waals surface area contributed by atoms with E-state index in [9.17, 15) is 19.7 Å². The molecule has 9 heteroatoms. The molecule has 2 aliphatic rings. The van der Waals surface area contributed by atoms with Crippen molar-refractivity contribution >= 4 is 22.6 Å². The van der Waals surface area contributed by atoms with Crippen LogP contribution in [0.5, 0.6) is 0 Å². The predicted octanol–water partition coefficient (Wildman–Crippen LogP) is 3.20. The second-order valence-electron chi connectivity index (χ2n) is 8.81. The number of rotatable bonds is 5. The average Bonchev–Trinajstić information content (AvgIpc) is 3.11. The largest absolute Gasteiger partial charge is 0.450 e. The van der Waals surface area contributed by atoms with Crippen LogP contribution in [0, 0.1) is 24.0 Å². The highest BCUT2D eigenvalue weighted by molar-refractivity contribution is 5.99. The molecule has 3 heterocycles. The van der Waals surface area contributed by atoms with Gasteiger partial charge in [0.15, 0.2) is 5.43 Å². The van der Waals surface area contributed by atoms with E-state index in [1.807, 2.05) is 13.8 Å². The van der Waals surface area contributed by atoms with E-state index < -0.39 is 11.0 Å². The minimum absolute atomic E-state index is 0.0473. The van der Waals surface area contributed by atoms with Crippen molar-refractivity contribution in [1.29, 1.82) is 0 Å². The van der Waals surface area contributed by atoms with Crippen molar-refractivity contribution < 1.29 is 18.9 Å². The zero-order valence-corrected chi connectivity index (χ0v) is 19.1. The molecule has 0 N–H and O–H groups in total. The van der Waals surface area contributed by atoms with Gasteiger partial charge in [-0.2, -0.15) is 0 Å². The van der Waals surface area contributed by atoms with Crippen LogP contribution in [-0.4, -0.2) is 60.0 Å². The van der Waals surface area contributed by atoms with Gasteiger partial charge >= 0.3 is 0 Å². The first-order chi connectivity index (χ1) is 16.3. The fourth-order valence-corrected chi connectivity index (χ4v) is 4.70. The SMILES string of the molecule is Cc1cc2oc3c(c(=O)c2cc1C)C(c1ccc([N+](=O)[O-])cc1)N(CCN1CCOCC1)C3=O. The van der Waals surface area contributed by atoms with Crippen molar-refractivity contribution in [3.05, 3.63) is 84.7 Å². The summed E-state index contributed by atoms with van der Waals surface area (Å²) in [6.45, 7) is 7.70. The van der Waals surface area contributed by atoms with E-state index >= 15 is 0 Å². The summed E-state index contributed by atoms with van der Waals surface area (Å²) in [5.74, 6) is -0.296. The van der Waals surface area contributed by atoms with Crippen LogP contribution in [0.1, 0.15) is 38.9 Å². The molecule has 176 valence electrons. The molecule has 1 amide bonds. The number of carbonyl (C=O) groups is 1. The Bertz CT molecular complexity index is 1340. The molecule has 0 aliphatic carbocycles. The van der Waals surface area contributed by atoms with Crippen molar-refractivity contribution in [3.63, 3.8) is 0 Å². The Morgan fingerprint density at radius 3 is 2.38 bits per heavy atom. The summed E-state index contributed by atoms with van der Waals surface area (Å²) in [6, 6.07) is 8.92. The number of nitro benzene ring substituents is 1. The summed E-state index contributed by atoms with van der Waals surface area (Å²) < 4.78 is 11.4. The number of morpholine rings is 1. The predicted molar refractivity (Wildman–Crippen MR) is 125 cm³/mol. The van der Waals surface area contributed by atoms with Gasteiger partial charge in [-0.05, 0) is 54.8 Å². The second-order valence-corrected chi connectivity index (χ2v) is 8.81. The molecule has 0 radical (unpaired) electrons. The first-order valence-corrected chi connectivity index (χ1v) is 11.3. The molecule has 1 aromatic heterocycles. The monoisotopic (exact) mass is 463 g/mol. The summed E-state index contributed by atoms with van der Waals surface area (Å²) in [7, 11) is 0. The van der Waals surface area contributed by atoms with Gasteiger partial charge in [-0.1, -0.05) is 0 Å². The fraction of sp³-hybridized carbons (Fsp3) is 0.360. The van der Waals surface area contributed by atoms with Gasteiger partial charge in [-0.25, -0.2) is 0 Å². The smallest absolute Gasteiger partial charge is 0.290 e. The molecule has 0 bridgehead atoms. The summed E-state index contributed by atoms with van der Waals surface area (Å²) in [5.41, 5.74) is 2.94. The standard InChI is InChI=1S/C25H25N3O6/c1-15-13-19-20(14-16(15)2)34-24-21(23(19)29)22(17-3-5-18(6-4-17)28(31)32)27(25(24)30)8-7-26-9-11-33-12-10-26/h3-6,13-14,22H,7-12H2,1-2H3. The summed E-state index contributed by atoms with van der Waals surface area (Å²) in [6.07, 6.45) is 0. The fourth-order valence-electron chi connectivity index (χ4n) is 4.70. The highest BCUT2D eigenvalue weighted by Crippen LogP contribution is 2.38. The number of hydrogen-bond donors (Lipinski definition) is 0. The van der Waals surface area contributed by atoms with Crippen molar-refractivity contribution in [2.75, 3.05) is 39.4 Å². The van der Waals surface area contributed by atoms with Crippen molar-refractivity contribution in [2.24, 2.45) is 0 Å². The van der Waals surface area contributed by atoms with Crippen LogP contribution >= 0.6 is 0 Å². The minimum Gasteiger partial charge on any atom is -0.450 e. The van der Waals surface area contributed by atoms with Crippen LogP contribution in [0.2, 0.25) is 0 Å². The van der Waals surface area contributed by atoms with Crippen molar-refractivity contribution in [3.8, 4) is 0 Å². The molecule has 2 aromatic carbocycles. The van der Waals surface area contributed by atoms with Crippen LogP contribution in [0.15, 0.2) is 45.6 Å². The number of benzene rings is 2. The average molecular weight is 463 g/mol. The number of nitro groups is 1. The molecule has 1 fully saturated rings. The number of non-ortho nitro benzene ring substituents is 1. The maximum absolute atomic E-state index is 13.7. The Morgan fingerprint density at radius 2 is 1.71 bits per heavy atom. The number of hydrogen-bond acceptors (Lipinski definition) is 7. The molecule has 5 rings (SSSR count). The van der Waals surface area contributed by atoms with Gasteiger partial charge in [0.25, 0.3) is 11.6 Å². The molecule has 0 spiro atoms. The summed E-state index contributed by atoms with van der Waals surface area (Å²) >= 11 is 0. The third kappa shape index (κ3) is 3.76. The zero-order chi connectivity index (χ0) is 24.0. The van der Waals surface area contributed by atoms with Gasteiger partial charge in [-0.3, -0.25) is 24.6 Å². The highest BCUT2D eigenvalue weighted by atomic mass is 16.6. The van der Waals surface area contributed by atoms with E-state index in [0.717, 1.165) is 24.2 Å². The molecule has 1 unspecified atom stereocenters. The molecule has 34 heavy (non-hydrogen) atoms. The van der Waals surface area contributed by atoms with E-state index in [1.54, 1.807) is 29.2 Å². The molecule has 1 atom stereocenters. The Balaban J connectivity index is 1.62. The van der Waals surface area contributed by atoms with Crippen molar-refractivity contribution in [1.82, 2.24) is 9.80 Å². The molecule has 9 nitrogen and oxygen atoms in total. The number of aryl methyl sites for hydroxylation is 2. The normalized spacial score (nSPS) is 18.5. The van der Waals surface area contributed by atoms with Crippen LogP contribution in [0.3, 0.4) is 0 Å². The minimum atomic E-state index is -0.674. The van der Waals surface area contributed by atoms with Crippen LogP contribution in [0.25, 0.3) is 11.0 Å². The Kier molecular flexibility index (Phi) is 5.66. The quantitative estimate of drug-likeness (QED) is 0.423. The Labute approximate surface area is 195 Å². The maximum Gasteiger partial charge on any atom is 0.290 e. The van der Waals surface area contributed by atoms with E-state index in [1.165, 1.54) is 12.1 Å². The number of nitrogens with zero attached hydrogens (tertiary/aromatic N) is 3. The van der Waals surface area contributed by atoms with E-state index in [0.29, 0.717) is 42.8 Å². The number of ether oxygens (including phenoxy) is 1. The lowest BCUT2D eigenvalue weighted by Gasteiger charge is -2.31. The van der Waals surface area contributed by atoms with Gasteiger partial charge in [0.2, 0.25) is 5.76 Å². The van der Waals surface area contributed by atoms with E-state index in [2.05, 4.69) is 4.90 Å². The lowest BCUT2D eigenvalue weighted by Crippen LogP contribution is -2.42.